The molecular weight excluding hydrogens is 252 g/mol. The number of nitrogens with one attached hydrogen (secondary N) is 2. The van der Waals surface area contributed by atoms with E-state index >= 15 is 0 Å². The molecule has 6 heteroatoms. The van der Waals surface area contributed by atoms with E-state index in [1.54, 1.807) is 0 Å². The van der Waals surface area contributed by atoms with E-state index in [-0.39, 0.29) is 23.6 Å². The molecular formula is C12H16N2O3S. The van der Waals surface area contributed by atoms with Crippen molar-refractivity contribution in [1.29, 1.82) is 0 Å². The summed E-state index contributed by atoms with van der Waals surface area (Å²) < 4.78 is 23.1. The van der Waals surface area contributed by atoms with Crippen LogP contribution in [0.5, 0.6) is 0 Å². The number of amides is 1. The molecule has 2 N–H and O–H groups in total. The Balaban J connectivity index is 1.97. The molecule has 1 aromatic carbocycles. The molecule has 1 amide bonds. The van der Waals surface area contributed by atoms with Crippen molar-refractivity contribution < 1.29 is 13.2 Å². The highest BCUT2D eigenvalue weighted by molar-refractivity contribution is 7.91. The molecule has 2 unspecified atom stereocenters. The molecule has 0 spiro atoms. The molecule has 2 rings (SSSR count). The van der Waals surface area contributed by atoms with Gasteiger partial charge in [-0.25, -0.2) is 8.42 Å². The van der Waals surface area contributed by atoms with Crippen LogP contribution in [-0.4, -0.2) is 38.4 Å². The highest BCUT2D eigenvalue weighted by atomic mass is 32.2. The fraction of sp³-hybridized carbons (Fsp3) is 0.417. The second-order valence-corrected chi connectivity index (χ2v) is 6.59. The maximum Gasteiger partial charge on any atom is 0.207 e. The van der Waals surface area contributed by atoms with Gasteiger partial charge in [-0.2, -0.15) is 0 Å². The van der Waals surface area contributed by atoms with Crippen LogP contribution in [0.2, 0.25) is 0 Å². The normalized spacial score (nSPS) is 25.8. The lowest BCUT2D eigenvalue weighted by Crippen LogP contribution is -2.46. The first-order valence-electron chi connectivity index (χ1n) is 5.78. The van der Waals surface area contributed by atoms with Crippen molar-refractivity contribution in [2.24, 2.45) is 0 Å². The Kier molecular flexibility index (Phi) is 3.98. The molecule has 1 aliphatic heterocycles. The van der Waals surface area contributed by atoms with Crippen molar-refractivity contribution in [3.8, 4) is 0 Å². The van der Waals surface area contributed by atoms with Gasteiger partial charge in [-0.3, -0.25) is 4.79 Å². The number of rotatable bonds is 5. The van der Waals surface area contributed by atoms with Crippen LogP contribution in [0.15, 0.2) is 30.3 Å². The topological polar surface area (TPSA) is 75.3 Å². The van der Waals surface area contributed by atoms with Crippen molar-refractivity contribution in [3.63, 3.8) is 0 Å². The number of hydrogen-bond acceptors (Lipinski definition) is 4. The first-order chi connectivity index (χ1) is 8.61. The van der Waals surface area contributed by atoms with Crippen molar-refractivity contribution >= 4 is 16.2 Å². The van der Waals surface area contributed by atoms with Crippen LogP contribution >= 0.6 is 0 Å². The van der Waals surface area contributed by atoms with Gasteiger partial charge in [0.15, 0.2) is 9.84 Å². The zero-order chi connectivity index (χ0) is 13.0. The van der Waals surface area contributed by atoms with Gasteiger partial charge >= 0.3 is 0 Å². The average molecular weight is 268 g/mol. The zero-order valence-electron chi connectivity index (χ0n) is 9.87. The summed E-state index contributed by atoms with van der Waals surface area (Å²) in [6.45, 7) is 0.595. The number of hydrogen-bond donors (Lipinski definition) is 2. The highest BCUT2D eigenvalue weighted by Gasteiger charge is 2.36. The Morgan fingerprint density at radius 1 is 1.17 bits per heavy atom. The molecule has 0 aliphatic carbocycles. The summed E-state index contributed by atoms with van der Waals surface area (Å²) >= 11 is 0. The van der Waals surface area contributed by atoms with E-state index in [4.69, 9.17) is 0 Å². The molecule has 18 heavy (non-hydrogen) atoms. The van der Waals surface area contributed by atoms with Gasteiger partial charge in [-0.1, -0.05) is 30.3 Å². The van der Waals surface area contributed by atoms with Gasteiger partial charge in [0.25, 0.3) is 0 Å². The molecule has 5 nitrogen and oxygen atoms in total. The molecule has 1 aliphatic rings. The standard InChI is InChI=1S/C12H16N2O3S/c15-9-14-12-8-18(16,17)7-11(12)13-6-10-4-2-1-3-5-10/h1-5,9,11-13H,6-8H2,(H,14,15). The van der Waals surface area contributed by atoms with E-state index in [0.717, 1.165) is 5.56 Å². The summed E-state index contributed by atoms with van der Waals surface area (Å²) in [6, 6.07) is 9.18. The molecule has 1 heterocycles. The highest BCUT2D eigenvalue weighted by Crippen LogP contribution is 2.13. The first-order valence-corrected chi connectivity index (χ1v) is 7.60. The number of sulfone groups is 1. The van der Waals surface area contributed by atoms with Crippen LogP contribution in [-0.2, 0) is 21.2 Å². The van der Waals surface area contributed by atoms with E-state index in [2.05, 4.69) is 10.6 Å². The van der Waals surface area contributed by atoms with Gasteiger partial charge in [0, 0.05) is 12.6 Å². The van der Waals surface area contributed by atoms with Crippen LogP contribution in [0.4, 0.5) is 0 Å². The number of carbonyl (C=O) groups excluding carboxylic acids is 1. The van der Waals surface area contributed by atoms with E-state index in [0.29, 0.717) is 13.0 Å². The Morgan fingerprint density at radius 2 is 1.83 bits per heavy atom. The molecule has 1 saturated heterocycles. The van der Waals surface area contributed by atoms with E-state index < -0.39 is 9.84 Å². The summed E-state index contributed by atoms with van der Waals surface area (Å²) in [7, 11) is -3.06. The third kappa shape index (κ3) is 3.30. The molecule has 2 atom stereocenters. The summed E-state index contributed by atoms with van der Waals surface area (Å²) in [5, 5.41) is 5.75. The van der Waals surface area contributed by atoms with E-state index in [1.165, 1.54) is 0 Å². The number of benzene rings is 1. The Hall–Kier alpha value is -1.40. The van der Waals surface area contributed by atoms with Gasteiger partial charge in [0.05, 0.1) is 17.5 Å². The molecule has 0 radical (unpaired) electrons. The second-order valence-electron chi connectivity index (χ2n) is 4.44. The van der Waals surface area contributed by atoms with Gasteiger partial charge in [0.1, 0.15) is 0 Å². The van der Waals surface area contributed by atoms with Crippen LogP contribution < -0.4 is 10.6 Å². The lowest BCUT2D eigenvalue weighted by Gasteiger charge is -2.18. The minimum absolute atomic E-state index is 0.0121. The molecule has 0 bridgehead atoms. The Morgan fingerprint density at radius 3 is 2.50 bits per heavy atom. The summed E-state index contributed by atoms with van der Waals surface area (Å²) in [4.78, 5) is 10.5. The average Bonchev–Trinajstić information content (AvgIpc) is 2.63. The van der Waals surface area contributed by atoms with Gasteiger partial charge in [-0.05, 0) is 5.56 Å². The molecule has 1 aromatic rings. The lowest BCUT2D eigenvalue weighted by molar-refractivity contribution is -0.110. The van der Waals surface area contributed by atoms with Crippen LogP contribution in [0.1, 0.15) is 5.56 Å². The smallest absolute Gasteiger partial charge is 0.207 e. The van der Waals surface area contributed by atoms with Crippen molar-refractivity contribution in [2.45, 2.75) is 18.6 Å². The minimum Gasteiger partial charge on any atom is -0.353 e. The first kappa shape index (κ1) is 13.0. The second kappa shape index (κ2) is 5.49. The predicted molar refractivity (Wildman–Crippen MR) is 68.7 cm³/mol. The predicted octanol–water partition coefficient (Wildman–Crippen LogP) is -0.312. The molecule has 0 saturated carbocycles. The van der Waals surface area contributed by atoms with Gasteiger partial charge < -0.3 is 10.6 Å². The van der Waals surface area contributed by atoms with Crippen molar-refractivity contribution in [1.82, 2.24) is 10.6 Å². The summed E-state index contributed by atoms with van der Waals surface area (Å²) in [5.74, 6) is 0.0868. The quantitative estimate of drug-likeness (QED) is 0.718. The maximum absolute atomic E-state index is 11.5. The molecule has 0 aromatic heterocycles. The minimum atomic E-state index is -3.06. The molecule has 98 valence electrons. The van der Waals surface area contributed by atoms with Gasteiger partial charge in [-0.15, -0.1) is 0 Å². The van der Waals surface area contributed by atoms with Crippen LogP contribution in [0.3, 0.4) is 0 Å². The lowest BCUT2D eigenvalue weighted by atomic mass is 10.1. The monoisotopic (exact) mass is 268 g/mol. The van der Waals surface area contributed by atoms with Crippen molar-refractivity contribution in [2.75, 3.05) is 11.5 Å². The largest absolute Gasteiger partial charge is 0.353 e. The third-order valence-electron chi connectivity index (χ3n) is 3.05. The fourth-order valence-corrected chi connectivity index (χ4v) is 4.05. The maximum atomic E-state index is 11.5. The number of carbonyl (C=O) groups is 1. The van der Waals surface area contributed by atoms with Gasteiger partial charge in [0.2, 0.25) is 6.41 Å². The third-order valence-corrected chi connectivity index (χ3v) is 4.78. The Bertz CT molecular complexity index is 501. The Labute approximate surface area is 107 Å². The summed E-state index contributed by atoms with van der Waals surface area (Å²) in [5.41, 5.74) is 1.09. The SMILES string of the molecule is O=CNC1CS(=O)(=O)CC1NCc1ccccc1. The van der Waals surface area contributed by atoms with Crippen LogP contribution in [0.25, 0.3) is 0 Å². The molecule has 1 fully saturated rings. The zero-order valence-corrected chi connectivity index (χ0v) is 10.7. The van der Waals surface area contributed by atoms with E-state index in [1.807, 2.05) is 30.3 Å². The van der Waals surface area contributed by atoms with E-state index in [9.17, 15) is 13.2 Å². The summed E-state index contributed by atoms with van der Waals surface area (Å²) in [6.07, 6.45) is 0.558. The fourth-order valence-electron chi connectivity index (χ4n) is 2.15. The van der Waals surface area contributed by atoms with Crippen LogP contribution in [0, 0.1) is 0 Å². The van der Waals surface area contributed by atoms with Crippen molar-refractivity contribution in [3.05, 3.63) is 35.9 Å².